The first kappa shape index (κ1) is 16.8. The highest BCUT2D eigenvalue weighted by molar-refractivity contribution is 8.14. The van der Waals surface area contributed by atoms with Crippen molar-refractivity contribution in [1.29, 1.82) is 0 Å². The van der Waals surface area contributed by atoms with E-state index in [9.17, 15) is 4.79 Å². The van der Waals surface area contributed by atoms with E-state index in [0.29, 0.717) is 6.42 Å². The van der Waals surface area contributed by atoms with Crippen LogP contribution < -0.4 is 10.7 Å². The predicted molar refractivity (Wildman–Crippen MR) is 109 cm³/mol. The lowest BCUT2D eigenvalue weighted by atomic mass is 9.99. The number of rotatable bonds is 2. The number of fused-ring (bicyclic) bond motifs is 1. The van der Waals surface area contributed by atoms with Crippen LogP contribution in [0.3, 0.4) is 0 Å². The van der Waals surface area contributed by atoms with Crippen molar-refractivity contribution in [1.82, 2.24) is 5.43 Å². The Hall–Kier alpha value is -2.60. The number of aryl methyl sites for hydroxylation is 2. The van der Waals surface area contributed by atoms with E-state index in [2.05, 4.69) is 41.8 Å². The van der Waals surface area contributed by atoms with Crippen LogP contribution in [0.25, 0.3) is 0 Å². The zero-order chi connectivity index (χ0) is 18.1. The largest absolute Gasteiger partial charge is 0.326 e. The highest BCUT2D eigenvalue weighted by Gasteiger charge is 2.18. The van der Waals surface area contributed by atoms with E-state index in [0.717, 1.165) is 40.0 Å². The summed E-state index contributed by atoms with van der Waals surface area (Å²) in [5.41, 5.74) is 10.6. The fourth-order valence-electron chi connectivity index (χ4n) is 3.05. The number of carbonyl (C=O) groups is 1. The minimum atomic E-state index is 0.0878. The quantitative estimate of drug-likeness (QED) is 0.849. The molecule has 0 aromatic heterocycles. The lowest BCUT2D eigenvalue weighted by Crippen LogP contribution is -2.25. The van der Waals surface area contributed by atoms with Gasteiger partial charge in [-0.25, -0.2) is 4.99 Å². The first-order valence-corrected chi connectivity index (χ1v) is 9.62. The van der Waals surface area contributed by atoms with Gasteiger partial charge in [-0.3, -0.25) is 10.2 Å². The Morgan fingerprint density at radius 1 is 1.15 bits per heavy atom. The van der Waals surface area contributed by atoms with Gasteiger partial charge >= 0.3 is 0 Å². The number of nitrogens with one attached hydrogen (secondary N) is 2. The van der Waals surface area contributed by atoms with Crippen molar-refractivity contribution in [2.24, 2.45) is 10.1 Å². The standard InChI is InChI=1S/C20H20N4OS/c1-12-4-3-5-16(13(12)2)22-20-24-23-18(11-26-20)15-6-8-17-14(10-15)7-9-19(25)21-17/h3-6,8,10H,7,9,11H2,1-2H3,(H,21,25)(H,22,24). The first-order chi connectivity index (χ1) is 12.6. The number of amides is 1. The Morgan fingerprint density at radius 3 is 2.85 bits per heavy atom. The molecule has 6 heteroatoms. The first-order valence-electron chi connectivity index (χ1n) is 8.63. The lowest BCUT2D eigenvalue weighted by Gasteiger charge is -2.19. The normalized spacial score (nSPS) is 18.0. The van der Waals surface area contributed by atoms with Crippen molar-refractivity contribution in [3.05, 3.63) is 58.7 Å². The molecule has 2 heterocycles. The number of thioether (sulfide) groups is 1. The third-order valence-electron chi connectivity index (χ3n) is 4.76. The van der Waals surface area contributed by atoms with Crippen LogP contribution in [0.15, 0.2) is 46.5 Å². The molecule has 2 aromatic rings. The summed E-state index contributed by atoms with van der Waals surface area (Å²) in [7, 11) is 0. The van der Waals surface area contributed by atoms with Crippen molar-refractivity contribution in [2.75, 3.05) is 11.1 Å². The summed E-state index contributed by atoms with van der Waals surface area (Å²) >= 11 is 1.65. The molecule has 0 atom stereocenters. The van der Waals surface area contributed by atoms with Gasteiger partial charge in [-0.2, -0.15) is 5.10 Å². The maximum absolute atomic E-state index is 11.5. The third-order valence-corrected chi connectivity index (χ3v) is 5.64. The number of carbonyl (C=O) groups excluding carboxylic acids is 1. The highest BCUT2D eigenvalue weighted by Crippen LogP contribution is 2.26. The van der Waals surface area contributed by atoms with Crippen LogP contribution >= 0.6 is 11.8 Å². The van der Waals surface area contributed by atoms with Crippen LogP contribution in [0, 0.1) is 13.8 Å². The summed E-state index contributed by atoms with van der Waals surface area (Å²) in [5.74, 6) is 0.853. The third kappa shape index (κ3) is 3.37. The zero-order valence-electron chi connectivity index (χ0n) is 14.8. The maximum atomic E-state index is 11.5. The second kappa shape index (κ2) is 6.96. The van der Waals surface area contributed by atoms with Gasteiger partial charge in [-0.15, -0.1) is 0 Å². The Balaban J connectivity index is 1.54. The fraction of sp³-hybridized carbons (Fsp3) is 0.250. The number of benzene rings is 2. The number of hydrazone groups is 1. The molecule has 0 bridgehead atoms. The predicted octanol–water partition coefficient (Wildman–Crippen LogP) is 3.92. The minimum absolute atomic E-state index is 0.0878. The fourth-order valence-corrected chi connectivity index (χ4v) is 3.83. The van der Waals surface area contributed by atoms with Crippen LogP contribution in [0.5, 0.6) is 0 Å². The van der Waals surface area contributed by atoms with Gasteiger partial charge < -0.3 is 5.32 Å². The molecule has 0 fully saturated rings. The van der Waals surface area contributed by atoms with E-state index in [4.69, 9.17) is 4.99 Å². The van der Waals surface area contributed by atoms with Crippen molar-refractivity contribution >= 4 is 39.9 Å². The molecule has 0 radical (unpaired) electrons. The SMILES string of the molecule is Cc1cccc(N=C2NN=C(c3ccc4c(c3)CCC(=O)N4)CS2)c1C. The van der Waals surface area contributed by atoms with E-state index in [1.54, 1.807) is 11.8 Å². The van der Waals surface area contributed by atoms with Gasteiger partial charge in [-0.05, 0) is 60.7 Å². The van der Waals surface area contributed by atoms with Gasteiger partial charge in [0.05, 0.1) is 11.4 Å². The smallest absolute Gasteiger partial charge is 0.224 e. The molecule has 0 saturated carbocycles. The van der Waals surface area contributed by atoms with Crippen molar-refractivity contribution in [3.63, 3.8) is 0 Å². The summed E-state index contributed by atoms with van der Waals surface area (Å²) < 4.78 is 0. The molecule has 2 aromatic carbocycles. The Kier molecular flexibility index (Phi) is 4.51. The maximum Gasteiger partial charge on any atom is 0.224 e. The van der Waals surface area contributed by atoms with Crippen molar-refractivity contribution in [2.45, 2.75) is 26.7 Å². The Morgan fingerprint density at radius 2 is 2.04 bits per heavy atom. The molecule has 1 amide bonds. The molecular formula is C20H20N4OS. The van der Waals surface area contributed by atoms with Crippen LogP contribution in [0.1, 0.15) is 28.7 Å². The zero-order valence-corrected chi connectivity index (χ0v) is 15.6. The molecule has 132 valence electrons. The molecule has 0 unspecified atom stereocenters. The summed E-state index contributed by atoms with van der Waals surface area (Å²) in [6, 6.07) is 12.2. The second-order valence-corrected chi connectivity index (χ2v) is 7.48. The summed E-state index contributed by atoms with van der Waals surface area (Å²) in [5, 5.41) is 8.25. The molecule has 0 spiro atoms. The summed E-state index contributed by atoms with van der Waals surface area (Å²) in [4.78, 5) is 16.2. The van der Waals surface area contributed by atoms with Crippen LogP contribution in [-0.4, -0.2) is 22.5 Å². The van der Waals surface area contributed by atoms with Crippen LogP contribution in [-0.2, 0) is 11.2 Å². The topological polar surface area (TPSA) is 65.8 Å². The average molecular weight is 364 g/mol. The second-order valence-electron chi connectivity index (χ2n) is 6.52. The number of anilines is 1. The summed E-state index contributed by atoms with van der Waals surface area (Å²) in [6.45, 7) is 4.18. The van der Waals surface area contributed by atoms with E-state index in [1.165, 1.54) is 16.7 Å². The molecule has 5 nitrogen and oxygen atoms in total. The molecule has 2 aliphatic heterocycles. The molecule has 0 aliphatic carbocycles. The van der Waals surface area contributed by atoms with E-state index < -0.39 is 0 Å². The number of hydrogen-bond donors (Lipinski definition) is 2. The molecule has 2 aliphatic rings. The Bertz CT molecular complexity index is 949. The molecule has 26 heavy (non-hydrogen) atoms. The van der Waals surface area contributed by atoms with Crippen molar-refractivity contribution < 1.29 is 4.79 Å². The lowest BCUT2D eigenvalue weighted by molar-refractivity contribution is -0.116. The monoisotopic (exact) mass is 364 g/mol. The Labute approximate surface area is 157 Å². The average Bonchev–Trinajstić information content (AvgIpc) is 2.66. The summed E-state index contributed by atoms with van der Waals surface area (Å²) in [6.07, 6.45) is 1.32. The molecular weight excluding hydrogens is 344 g/mol. The number of aliphatic imine (C=N–C) groups is 1. The number of amidine groups is 1. The van der Waals surface area contributed by atoms with Crippen molar-refractivity contribution in [3.8, 4) is 0 Å². The highest BCUT2D eigenvalue weighted by atomic mass is 32.2. The van der Waals surface area contributed by atoms with Gasteiger partial charge in [-0.1, -0.05) is 30.0 Å². The molecule has 4 rings (SSSR count). The molecule has 2 N–H and O–H groups in total. The minimum Gasteiger partial charge on any atom is -0.326 e. The van der Waals surface area contributed by atoms with Gasteiger partial charge in [0, 0.05) is 17.9 Å². The van der Waals surface area contributed by atoms with E-state index in [-0.39, 0.29) is 5.91 Å². The number of nitrogens with zero attached hydrogens (tertiary/aromatic N) is 2. The van der Waals surface area contributed by atoms with Gasteiger partial charge in [0.1, 0.15) is 0 Å². The van der Waals surface area contributed by atoms with Crippen LogP contribution in [0.2, 0.25) is 0 Å². The molecule has 0 saturated heterocycles. The van der Waals surface area contributed by atoms with Gasteiger partial charge in [0.25, 0.3) is 0 Å². The van der Waals surface area contributed by atoms with Crippen LogP contribution in [0.4, 0.5) is 11.4 Å². The number of hydrogen-bond acceptors (Lipinski definition) is 4. The van der Waals surface area contributed by atoms with E-state index >= 15 is 0 Å². The van der Waals surface area contributed by atoms with Gasteiger partial charge in [0.2, 0.25) is 5.91 Å². The van der Waals surface area contributed by atoms with E-state index in [1.807, 2.05) is 24.3 Å². The van der Waals surface area contributed by atoms with Gasteiger partial charge in [0.15, 0.2) is 5.17 Å².